The van der Waals surface area contributed by atoms with E-state index in [0.29, 0.717) is 17.7 Å². The number of hydrogen-bond acceptors (Lipinski definition) is 3. The van der Waals surface area contributed by atoms with E-state index in [1.165, 1.54) is 25.7 Å². The van der Waals surface area contributed by atoms with Crippen LogP contribution in [0.15, 0.2) is 21.7 Å². The Balaban J connectivity index is 1.72. The molecule has 1 aromatic heterocycles. The van der Waals surface area contributed by atoms with E-state index in [2.05, 4.69) is 34.4 Å². The summed E-state index contributed by atoms with van der Waals surface area (Å²) in [5, 5.41) is 6.34. The highest BCUT2D eigenvalue weighted by atomic mass is 16.3. The third kappa shape index (κ3) is 5.51. The fourth-order valence-electron chi connectivity index (χ4n) is 3.81. The van der Waals surface area contributed by atoms with Gasteiger partial charge in [0, 0.05) is 38.8 Å². The number of hydrogen-bond donors (Lipinski definition) is 2. The zero-order valence-corrected chi connectivity index (χ0v) is 16.7. The van der Waals surface area contributed by atoms with Gasteiger partial charge in [-0.3, -0.25) is 9.79 Å². The first-order chi connectivity index (χ1) is 12.5. The van der Waals surface area contributed by atoms with E-state index in [9.17, 15) is 4.79 Å². The molecule has 1 atom stereocenters. The summed E-state index contributed by atoms with van der Waals surface area (Å²) >= 11 is 0. The molecule has 0 aliphatic carbocycles. The van der Waals surface area contributed by atoms with Crippen LogP contribution in [0.2, 0.25) is 0 Å². The molecule has 0 saturated carbocycles. The zero-order valence-electron chi connectivity index (χ0n) is 16.7. The number of nitrogens with one attached hydrogen (secondary N) is 2. The van der Waals surface area contributed by atoms with Crippen molar-refractivity contribution < 1.29 is 9.21 Å². The smallest absolute Gasteiger partial charge is 0.287 e. The molecule has 1 aromatic rings. The van der Waals surface area contributed by atoms with Crippen LogP contribution in [0.25, 0.3) is 0 Å². The average Bonchev–Trinajstić information content (AvgIpc) is 3.04. The fraction of sp³-hybridized carbons (Fsp3) is 0.700. The molecule has 0 bridgehead atoms. The van der Waals surface area contributed by atoms with E-state index in [0.717, 1.165) is 37.6 Å². The van der Waals surface area contributed by atoms with Crippen molar-refractivity contribution in [2.75, 3.05) is 33.2 Å². The maximum atomic E-state index is 12.0. The number of carbonyl (C=O) groups excluding carboxylic acids is 1. The molecule has 2 heterocycles. The summed E-state index contributed by atoms with van der Waals surface area (Å²) < 4.78 is 5.20. The fourth-order valence-corrected chi connectivity index (χ4v) is 3.81. The molecular formula is C20H34N4O2. The van der Waals surface area contributed by atoms with Crippen LogP contribution in [0, 0.1) is 12.3 Å². The van der Waals surface area contributed by atoms with Crippen molar-refractivity contribution in [3.05, 3.63) is 23.7 Å². The van der Waals surface area contributed by atoms with E-state index in [1.54, 1.807) is 12.3 Å². The second-order valence-electron chi connectivity index (χ2n) is 7.60. The number of likely N-dealkylation sites (tertiary alicyclic amines) is 1. The number of aliphatic imine (C=N–C) groups is 1. The minimum Gasteiger partial charge on any atom is -0.459 e. The summed E-state index contributed by atoms with van der Waals surface area (Å²) in [6.07, 6.45) is 7.39. The maximum Gasteiger partial charge on any atom is 0.287 e. The van der Waals surface area contributed by atoms with Crippen LogP contribution < -0.4 is 10.6 Å². The van der Waals surface area contributed by atoms with E-state index in [-0.39, 0.29) is 5.91 Å². The molecule has 146 valence electrons. The van der Waals surface area contributed by atoms with Gasteiger partial charge in [-0.05, 0) is 44.1 Å². The van der Waals surface area contributed by atoms with Crippen molar-refractivity contribution in [2.24, 2.45) is 10.4 Å². The second kappa shape index (κ2) is 9.64. The predicted molar refractivity (Wildman–Crippen MR) is 106 cm³/mol. The Morgan fingerprint density at radius 2 is 2.15 bits per heavy atom. The molecule has 0 spiro atoms. The van der Waals surface area contributed by atoms with Gasteiger partial charge in [-0.1, -0.05) is 20.3 Å². The van der Waals surface area contributed by atoms with Gasteiger partial charge in [-0.25, -0.2) is 0 Å². The summed E-state index contributed by atoms with van der Waals surface area (Å²) in [6.45, 7) is 10.0. The number of guanidine groups is 1. The molecule has 2 N–H and O–H groups in total. The topological polar surface area (TPSA) is 69.9 Å². The van der Waals surface area contributed by atoms with Gasteiger partial charge in [0.15, 0.2) is 11.7 Å². The van der Waals surface area contributed by atoms with Crippen molar-refractivity contribution in [1.82, 2.24) is 15.5 Å². The van der Waals surface area contributed by atoms with Crippen LogP contribution in [-0.4, -0.2) is 50.0 Å². The molecule has 1 saturated heterocycles. The van der Waals surface area contributed by atoms with Crippen molar-refractivity contribution in [1.29, 1.82) is 0 Å². The van der Waals surface area contributed by atoms with Gasteiger partial charge in [0.25, 0.3) is 5.91 Å². The second-order valence-corrected chi connectivity index (χ2v) is 7.60. The lowest BCUT2D eigenvalue weighted by molar-refractivity contribution is 0.0924. The number of nitrogens with zero attached hydrogens (tertiary/aromatic N) is 2. The van der Waals surface area contributed by atoms with Crippen molar-refractivity contribution >= 4 is 11.9 Å². The van der Waals surface area contributed by atoms with E-state index >= 15 is 0 Å². The van der Waals surface area contributed by atoms with Crippen LogP contribution in [0.1, 0.15) is 62.1 Å². The molecule has 1 aliphatic rings. The lowest BCUT2D eigenvalue weighted by Gasteiger charge is -2.42. The lowest BCUT2D eigenvalue weighted by atomic mass is 9.78. The molecule has 6 heteroatoms. The highest BCUT2D eigenvalue weighted by molar-refractivity contribution is 5.92. The van der Waals surface area contributed by atoms with Crippen molar-refractivity contribution in [3.8, 4) is 0 Å². The van der Waals surface area contributed by atoms with Crippen LogP contribution in [-0.2, 0) is 0 Å². The molecule has 6 nitrogen and oxygen atoms in total. The largest absolute Gasteiger partial charge is 0.459 e. The first kappa shape index (κ1) is 20.3. The Labute approximate surface area is 157 Å². The van der Waals surface area contributed by atoms with Gasteiger partial charge in [0.2, 0.25) is 0 Å². The molecule has 1 aliphatic heterocycles. The Morgan fingerprint density at radius 3 is 2.81 bits per heavy atom. The van der Waals surface area contributed by atoms with Gasteiger partial charge in [0.1, 0.15) is 0 Å². The molecule has 1 amide bonds. The molecule has 26 heavy (non-hydrogen) atoms. The standard InChI is InChI=1S/C20H34N4O2/c1-5-9-20(3)10-6-13-24(15-20)19(21-4)23-12-7-11-22-18(25)17-16(2)8-14-26-17/h8,14H,5-7,9-13,15H2,1-4H3,(H,21,23)(H,22,25). The molecule has 1 fully saturated rings. The van der Waals surface area contributed by atoms with Gasteiger partial charge in [-0.15, -0.1) is 0 Å². The van der Waals surface area contributed by atoms with Crippen LogP contribution in [0.4, 0.5) is 0 Å². The quantitative estimate of drug-likeness (QED) is 0.444. The third-order valence-corrected chi connectivity index (χ3v) is 5.14. The predicted octanol–water partition coefficient (Wildman–Crippen LogP) is 3.19. The Bertz CT molecular complexity index is 607. The van der Waals surface area contributed by atoms with Crippen LogP contribution in [0.5, 0.6) is 0 Å². The average molecular weight is 363 g/mol. The minimum absolute atomic E-state index is 0.150. The third-order valence-electron chi connectivity index (χ3n) is 5.14. The SMILES string of the molecule is CCCC1(C)CCCN(C(=NC)NCCCNC(=O)c2occc2C)C1. The Hall–Kier alpha value is -1.98. The number of piperidine rings is 1. The van der Waals surface area contributed by atoms with Crippen LogP contribution in [0.3, 0.4) is 0 Å². The highest BCUT2D eigenvalue weighted by Crippen LogP contribution is 2.33. The highest BCUT2D eigenvalue weighted by Gasteiger charge is 2.31. The van der Waals surface area contributed by atoms with Gasteiger partial charge < -0.3 is 20.0 Å². The number of aryl methyl sites for hydroxylation is 1. The Morgan fingerprint density at radius 1 is 1.38 bits per heavy atom. The first-order valence-electron chi connectivity index (χ1n) is 9.77. The number of rotatable bonds is 7. The molecule has 2 rings (SSSR count). The first-order valence-corrected chi connectivity index (χ1v) is 9.77. The number of amides is 1. The minimum atomic E-state index is -0.150. The molecule has 1 unspecified atom stereocenters. The summed E-state index contributed by atoms with van der Waals surface area (Å²) in [6, 6.07) is 1.80. The molecule has 0 radical (unpaired) electrons. The zero-order chi connectivity index (χ0) is 19.0. The summed E-state index contributed by atoms with van der Waals surface area (Å²) in [4.78, 5) is 18.8. The number of furan rings is 1. The summed E-state index contributed by atoms with van der Waals surface area (Å²) in [5.74, 6) is 1.22. The normalized spacial score (nSPS) is 20.9. The summed E-state index contributed by atoms with van der Waals surface area (Å²) in [7, 11) is 1.84. The van der Waals surface area contributed by atoms with Gasteiger partial charge in [-0.2, -0.15) is 0 Å². The summed E-state index contributed by atoms with van der Waals surface area (Å²) in [5.41, 5.74) is 1.25. The number of carbonyl (C=O) groups is 1. The molecular weight excluding hydrogens is 328 g/mol. The van der Waals surface area contributed by atoms with Crippen molar-refractivity contribution in [2.45, 2.75) is 52.9 Å². The van der Waals surface area contributed by atoms with Gasteiger partial charge >= 0.3 is 0 Å². The van der Waals surface area contributed by atoms with Gasteiger partial charge in [0.05, 0.1) is 6.26 Å². The monoisotopic (exact) mass is 362 g/mol. The lowest BCUT2D eigenvalue weighted by Crippen LogP contribution is -2.50. The van der Waals surface area contributed by atoms with E-state index < -0.39 is 0 Å². The molecule has 0 aromatic carbocycles. The van der Waals surface area contributed by atoms with Crippen molar-refractivity contribution in [3.63, 3.8) is 0 Å². The maximum absolute atomic E-state index is 12.0. The van der Waals surface area contributed by atoms with E-state index in [4.69, 9.17) is 4.42 Å². The Kier molecular flexibility index (Phi) is 7.54. The van der Waals surface area contributed by atoms with Crippen LogP contribution >= 0.6 is 0 Å². The van der Waals surface area contributed by atoms with E-state index in [1.807, 2.05) is 14.0 Å².